The third-order valence-corrected chi connectivity index (χ3v) is 9.50. The number of pyridine rings is 1. The molecule has 3 aliphatic heterocycles. The normalized spacial score (nSPS) is 29.8. The summed E-state index contributed by atoms with van der Waals surface area (Å²) in [7, 11) is -3.32. The van der Waals surface area contributed by atoms with E-state index in [-0.39, 0.29) is 50.3 Å². The summed E-state index contributed by atoms with van der Waals surface area (Å²) in [5.41, 5.74) is -2.88. The molecule has 0 spiro atoms. The number of nitrogens with zero attached hydrogens (tertiary/aromatic N) is 5. The number of anilines is 1. The van der Waals surface area contributed by atoms with E-state index in [9.17, 15) is 13.2 Å². The second-order valence-corrected chi connectivity index (χ2v) is 12.1. The number of hydrogen-bond donors (Lipinski definition) is 0. The molecule has 242 valence electrons. The Morgan fingerprint density at radius 1 is 1.09 bits per heavy atom. The molecule has 1 aliphatic carbocycles. The maximum Gasteiger partial charge on any atom is 0.319 e. The summed E-state index contributed by atoms with van der Waals surface area (Å²) >= 11 is 0. The van der Waals surface area contributed by atoms with E-state index in [1.165, 1.54) is 11.0 Å². The van der Waals surface area contributed by atoms with Crippen LogP contribution >= 0.6 is 0 Å². The van der Waals surface area contributed by atoms with E-state index in [4.69, 9.17) is 21.1 Å². The van der Waals surface area contributed by atoms with Crippen molar-refractivity contribution in [3.63, 3.8) is 0 Å². The quantitative estimate of drug-likeness (QED) is 0.199. The highest BCUT2D eigenvalue weighted by Gasteiger charge is 2.56. The molecule has 0 unspecified atom stereocenters. The number of rotatable bonds is 6. The lowest BCUT2D eigenvalue weighted by Gasteiger charge is -2.31. The van der Waals surface area contributed by atoms with Crippen molar-refractivity contribution in [1.82, 2.24) is 19.9 Å². The molecule has 4 fully saturated rings. The zero-order valence-corrected chi connectivity index (χ0v) is 24.0. The second kappa shape index (κ2) is 10.8. The Labute approximate surface area is 266 Å². The van der Waals surface area contributed by atoms with Crippen LogP contribution in [-0.4, -0.2) is 90.2 Å². The van der Waals surface area contributed by atoms with Gasteiger partial charge in [-0.3, -0.25) is 9.88 Å². The first-order valence-corrected chi connectivity index (χ1v) is 14.8. The van der Waals surface area contributed by atoms with Gasteiger partial charge in [0.15, 0.2) is 23.2 Å². The van der Waals surface area contributed by atoms with Gasteiger partial charge in [0.25, 0.3) is 0 Å². The number of benzene rings is 2. The number of alkyl halides is 2. The summed E-state index contributed by atoms with van der Waals surface area (Å²) in [4.78, 5) is 16.1. The van der Waals surface area contributed by atoms with Crippen LogP contribution in [0.25, 0.3) is 32.9 Å². The third kappa shape index (κ3) is 4.39. The first-order valence-electron chi connectivity index (χ1n) is 17.3. The van der Waals surface area contributed by atoms with Crippen molar-refractivity contribution in [2.24, 2.45) is 5.92 Å². The van der Waals surface area contributed by atoms with Gasteiger partial charge in [0.1, 0.15) is 35.9 Å². The number of fused-ring (bicyclic) bond motifs is 4. The minimum absolute atomic E-state index is 0.00862. The predicted molar refractivity (Wildman–Crippen MR) is 156 cm³/mol. The van der Waals surface area contributed by atoms with Crippen LogP contribution in [0.4, 0.5) is 32.2 Å². The highest BCUT2D eigenvalue weighted by molar-refractivity contribution is 6.02. The molecule has 5 atom stereocenters. The molecule has 4 aromatic rings. The van der Waals surface area contributed by atoms with Crippen LogP contribution in [0.2, 0.25) is 0 Å². The second-order valence-electron chi connectivity index (χ2n) is 12.1. The molecule has 8 rings (SSSR count). The molecular weight excluding hydrogens is 616 g/mol. The minimum Gasteiger partial charge on any atom is -0.493 e. The van der Waals surface area contributed by atoms with Crippen molar-refractivity contribution in [3.8, 4) is 23.0 Å². The fraction of sp³-hybridized carbons (Fsp3) is 0.469. The zero-order chi connectivity index (χ0) is 36.2. The Morgan fingerprint density at radius 2 is 1.96 bits per heavy atom. The van der Waals surface area contributed by atoms with Crippen LogP contribution in [0.1, 0.15) is 26.1 Å². The average molecular weight is 651 g/mol. The highest BCUT2D eigenvalue weighted by atomic mass is 19.2. The minimum atomic E-state index is -3.32. The molecule has 3 saturated heterocycles. The molecule has 4 aliphatic rings. The summed E-state index contributed by atoms with van der Waals surface area (Å²) in [6, 6.07) is 2.01. The Balaban J connectivity index is 1.33. The molecular formula is C32H29F6N5O3. The number of halogens is 6. The van der Waals surface area contributed by atoms with Crippen molar-refractivity contribution < 1.29 is 47.4 Å². The van der Waals surface area contributed by atoms with Crippen molar-refractivity contribution in [2.75, 3.05) is 51.3 Å². The van der Waals surface area contributed by atoms with E-state index in [0.717, 1.165) is 18.3 Å². The van der Waals surface area contributed by atoms with Gasteiger partial charge in [-0.05, 0) is 19.4 Å². The monoisotopic (exact) mass is 650 g/mol. The van der Waals surface area contributed by atoms with Crippen LogP contribution in [0, 0.1) is 29.2 Å². The number of aromatic nitrogens is 3. The Hall–Kier alpha value is -3.91. The smallest absolute Gasteiger partial charge is 0.319 e. The topological polar surface area (TPSA) is 72.8 Å². The van der Waals surface area contributed by atoms with Gasteiger partial charge in [0.2, 0.25) is 5.82 Å². The molecule has 2 aromatic heterocycles. The lowest BCUT2D eigenvalue weighted by atomic mass is 9.95. The average Bonchev–Trinajstić information content (AvgIpc) is 3.43. The first kappa shape index (κ1) is 24.3. The van der Waals surface area contributed by atoms with Gasteiger partial charge >= 0.3 is 6.01 Å². The Kier molecular flexibility index (Phi) is 5.72. The molecule has 8 nitrogen and oxygen atoms in total. The van der Waals surface area contributed by atoms with Crippen LogP contribution < -0.4 is 14.4 Å². The van der Waals surface area contributed by atoms with Gasteiger partial charge in [-0.1, -0.05) is 18.2 Å². The van der Waals surface area contributed by atoms with E-state index in [2.05, 4.69) is 15.0 Å². The molecule has 0 bridgehead atoms. The maximum atomic E-state index is 16.9. The summed E-state index contributed by atoms with van der Waals surface area (Å²) in [5.74, 6) is -8.67. The Morgan fingerprint density at radius 3 is 2.80 bits per heavy atom. The highest BCUT2D eigenvalue weighted by Crippen LogP contribution is 2.46. The molecule has 14 heteroatoms. The first-order chi connectivity index (χ1) is 24.1. The third-order valence-electron chi connectivity index (χ3n) is 9.50. The predicted octanol–water partition coefficient (Wildman–Crippen LogP) is 5.54. The van der Waals surface area contributed by atoms with E-state index in [1.807, 2.05) is 0 Å². The van der Waals surface area contributed by atoms with Crippen molar-refractivity contribution in [2.45, 2.75) is 43.2 Å². The summed E-state index contributed by atoms with van der Waals surface area (Å²) in [6.45, 7) is -1.74. The summed E-state index contributed by atoms with van der Waals surface area (Å²) in [6.07, 6.45) is -0.797. The molecule has 2 aromatic carbocycles. The van der Waals surface area contributed by atoms with Gasteiger partial charge in [0.05, 0.1) is 44.1 Å². The SMILES string of the molecule is [2H]C([2H])([2H])Oc1c(F)c(F)c(F)c2cccc(-c3ncc4c(N5CCOC[C@H]6[C@H](F)[C@H]65)nc(OC([2H])([2H])[C@@]56CCCN5C[C@H](F)C6)nc4c3F)c12. The Bertz CT molecular complexity index is 2080. The zero-order valence-electron chi connectivity index (χ0n) is 29.0. The van der Waals surface area contributed by atoms with Gasteiger partial charge in [-0.25, -0.2) is 22.0 Å². The lowest BCUT2D eigenvalue weighted by Crippen LogP contribution is -2.43. The summed E-state index contributed by atoms with van der Waals surface area (Å²) in [5, 5.41) is -1.32. The molecule has 5 heterocycles. The van der Waals surface area contributed by atoms with E-state index >= 15 is 13.2 Å². The van der Waals surface area contributed by atoms with Gasteiger partial charge < -0.3 is 19.1 Å². The number of hydrogen-bond acceptors (Lipinski definition) is 8. The molecule has 1 saturated carbocycles. The number of ether oxygens (including phenoxy) is 3. The van der Waals surface area contributed by atoms with Crippen LogP contribution in [0.3, 0.4) is 0 Å². The van der Waals surface area contributed by atoms with Crippen molar-refractivity contribution in [1.29, 1.82) is 0 Å². The van der Waals surface area contributed by atoms with Crippen LogP contribution in [0.15, 0.2) is 24.4 Å². The number of methoxy groups -OCH3 is 1. The van der Waals surface area contributed by atoms with Gasteiger partial charge in [0, 0.05) is 48.0 Å². The maximum absolute atomic E-state index is 16.9. The lowest BCUT2D eigenvalue weighted by molar-refractivity contribution is 0.107. The van der Waals surface area contributed by atoms with Crippen LogP contribution in [-0.2, 0) is 4.74 Å². The fourth-order valence-corrected chi connectivity index (χ4v) is 7.26. The molecule has 0 N–H and O–H groups in total. The van der Waals surface area contributed by atoms with E-state index in [0.29, 0.717) is 13.0 Å². The van der Waals surface area contributed by atoms with E-state index < -0.39 is 106 Å². The van der Waals surface area contributed by atoms with E-state index in [1.54, 1.807) is 4.90 Å². The van der Waals surface area contributed by atoms with Crippen molar-refractivity contribution >= 4 is 27.5 Å². The van der Waals surface area contributed by atoms with Crippen molar-refractivity contribution in [3.05, 3.63) is 47.7 Å². The summed E-state index contributed by atoms with van der Waals surface area (Å²) < 4.78 is 148. The van der Waals surface area contributed by atoms with Crippen LogP contribution in [0.5, 0.6) is 11.8 Å². The molecule has 0 amide bonds. The standard InChI is InChI=1S/C32H29F6N5O3/c1-44-29-20-16(21(34)23(36)24(29)37)4-2-5-17(20)26-25(38)27-18(11-39-26)30(43-8-9-45-13-19-22(35)28(19)43)41-31(40-27)46-14-32-6-3-7-42(32)12-15(33)10-32/h2,4-5,11,15,19,22,28H,3,6-10,12-14H2,1H3/t15-,19+,22+,28+,32+/m1/s1/i1D3,14D2. The van der Waals surface area contributed by atoms with Gasteiger partial charge in [-0.2, -0.15) is 14.4 Å². The largest absolute Gasteiger partial charge is 0.493 e. The van der Waals surface area contributed by atoms with Gasteiger partial charge in [-0.15, -0.1) is 0 Å². The molecule has 46 heavy (non-hydrogen) atoms. The molecule has 0 radical (unpaired) electrons. The fourth-order valence-electron chi connectivity index (χ4n) is 7.26.